The summed E-state index contributed by atoms with van der Waals surface area (Å²) in [5.41, 5.74) is 2.64. The standard InChI is InChI=1S/C21H24N4O2S/c1-4-16-13(2)9-15(11-24-16)19(26)14-5-6-18-17(10-14)25(12-27-3)20-21(28-18)23-8-7-22-20/h5-11,13,16,19,26H,4,12H2,1-3H3. The third kappa shape index (κ3) is 3.45. The van der Waals surface area contributed by atoms with E-state index >= 15 is 0 Å². The molecule has 1 N–H and O–H groups in total. The van der Waals surface area contributed by atoms with Gasteiger partial charge in [0, 0.05) is 30.6 Å². The van der Waals surface area contributed by atoms with Crippen molar-refractivity contribution in [2.24, 2.45) is 10.9 Å². The maximum atomic E-state index is 11.0. The van der Waals surface area contributed by atoms with Crippen LogP contribution in [-0.2, 0) is 4.74 Å². The van der Waals surface area contributed by atoms with Gasteiger partial charge in [-0.25, -0.2) is 9.97 Å². The Hall–Kier alpha value is -2.22. The molecule has 2 aliphatic rings. The number of hydrogen-bond acceptors (Lipinski definition) is 7. The molecule has 1 aromatic heterocycles. The summed E-state index contributed by atoms with van der Waals surface area (Å²) in [7, 11) is 1.66. The molecule has 2 aliphatic heterocycles. The van der Waals surface area contributed by atoms with Crippen LogP contribution in [0.5, 0.6) is 0 Å². The maximum Gasteiger partial charge on any atom is 0.168 e. The van der Waals surface area contributed by atoms with Crippen LogP contribution >= 0.6 is 11.8 Å². The minimum atomic E-state index is -0.716. The fourth-order valence-electron chi connectivity index (χ4n) is 3.66. The molecule has 3 unspecified atom stereocenters. The number of aliphatic imine (C=N–C) groups is 1. The van der Waals surface area contributed by atoms with E-state index in [0.29, 0.717) is 18.7 Å². The number of nitrogens with zero attached hydrogens (tertiary/aromatic N) is 4. The molecule has 28 heavy (non-hydrogen) atoms. The summed E-state index contributed by atoms with van der Waals surface area (Å²) in [5.74, 6) is 1.09. The molecule has 1 aromatic carbocycles. The van der Waals surface area contributed by atoms with E-state index in [0.717, 1.165) is 39.0 Å². The second-order valence-corrected chi connectivity index (χ2v) is 8.07. The summed E-state index contributed by atoms with van der Waals surface area (Å²) < 4.78 is 5.40. The maximum absolute atomic E-state index is 11.0. The molecule has 0 aliphatic carbocycles. The number of aliphatic hydroxyl groups excluding tert-OH is 1. The minimum Gasteiger partial charge on any atom is -0.384 e. The highest BCUT2D eigenvalue weighted by atomic mass is 32.2. The smallest absolute Gasteiger partial charge is 0.168 e. The molecule has 2 aromatic rings. The Balaban J connectivity index is 1.68. The summed E-state index contributed by atoms with van der Waals surface area (Å²) >= 11 is 1.58. The Labute approximate surface area is 169 Å². The first-order chi connectivity index (χ1) is 13.6. The SMILES string of the molecule is CCC1N=CC(C(O)c2ccc3c(c2)N(COC)c2nccnc2S3)=CC1C. The second-order valence-electron chi connectivity index (χ2n) is 7.04. The molecule has 7 heteroatoms. The van der Waals surface area contributed by atoms with Crippen molar-refractivity contribution >= 4 is 29.5 Å². The van der Waals surface area contributed by atoms with Crippen LogP contribution in [0.25, 0.3) is 0 Å². The van der Waals surface area contributed by atoms with Gasteiger partial charge in [0.2, 0.25) is 0 Å². The lowest BCUT2D eigenvalue weighted by Crippen LogP contribution is -2.25. The third-order valence-corrected chi connectivity index (χ3v) is 6.21. The Bertz CT molecular complexity index is 930. The second kappa shape index (κ2) is 8.03. The van der Waals surface area contributed by atoms with Crippen LogP contribution in [0.2, 0.25) is 0 Å². The lowest BCUT2D eigenvalue weighted by Gasteiger charge is -2.31. The van der Waals surface area contributed by atoms with Crippen molar-refractivity contribution in [1.82, 2.24) is 9.97 Å². The van der Waals surface area contributed by atoms with Gasteiger partial charge < -0.3 is 9.84 Å². The highest BCUT2D eigenvalue weighted by Crippen LogP contribution is 2.47. The van der Waals surface area contributed by atoms with Gasteiger partial charge in [0.1, 0.15) is 17.9 Å². The zero-order valence-corrected chi connectivity index (χ0v) is 17.1. The average molecular weight is 397 g/mol. The van der Waals surface area contributed by atoms with Crippen LogP contribution in [-0.4, -0.2) is 41.2 Å². The molecule has 0 bridgehead atoms. The summed E-state index contributed by atoms with van der Waals surface area (Å²) in [4.78, 5) is 16.6. The third-order valence-electron chi connectivity index (χ3n) is 5.17. The zero-order chi connectivity index (χ0) is 19.7. The van der Waals surface area contributed by atoms with Crippen LogP contribution in [0.15, 0.2) is 57.2 Å². The van der Waals surface area contributed by atoms with Crippen molar-refractivity contribution < 1.29 is 9.84 Å². The number of methoxy groups -OCH3 is 1. The molecule has 146 valence electrons. The Kier molecular flexibility index (Phi) is 5.48. The highest BCUT2D eigenvalue weighted by molar-refractivity contribution is 7.99. The summed E-state index contributed by atoms with van der Waals surface area (Å²) in [5, 5.41) is 11.8. The predicted molar refractivity (Wildman–Crippen MR) is 111 cm³/mol. The Morgan fingerprint density at radius 1 is 1.29 bits per heavy atom. The number of hydrogen-bond donors (Lipinski definition) is 1. The quantitative estimate of drug-likeness (QED) is 0.819. The summed E-state index contributed by atoms with van der Waals surface area (Å²) in [6.07, 6.45) is 7.61. The van der Waals surface area contributed by atoms with Crippen molar-refractivity contribution in [3.8, 4) is 0 Å². The van der Waals surface area contributed by atoms with E-state index in [1.807, 2.05) is 29.3 Å². The fourth-order valence-corrected chi connectivity index (χ4v) is 4.65. The topological polar surface area (TPSA) is 70.8 Å². The monoisotopic (exact) mass is 396 g/mol. The molecular weight excluding hydrogens is 372 g/mol. The number of aromatic nitrogens is 2. The molecule has 0 amide bonds. The van der Waals surface area contributed by atoms with Crippen molar-refractivity contribution in [3.63, 3.8) is 0 Å². The van der Waals surface area contributed by atoms with Crippen LogP contribution < -0.4 is 4.90 Å². The van der Waals surface area contributed by atoms with Gasteiger partial charge in [-0.1, -0.05) is 37.8 Å². The van der Waals surface area contributed by atoms with E-state index in [1.165, 1.54) is 0 Å². The molecular formula is C21H24N4O2S. The lowest BCUT2D eigenvalue weighted by molar-refractivity contribution is 0.204. The summed E-state index contributed by atoms with van der Waals surface area (Å²) in [6.45, 7) is 4.65. The van der Waals surface area contributed by atoms with E-state index in [4.69, 9.17) is 4.74 Å². The zero-order valence-electron chi connectivity index (χ0n) is 16.2. The molecule has 0 saturated heterocycles. The van der Waals surface area contributed by atoms with Crippen LogP contribution in [0, 0.1) is 5.92 Å². The van der Waals surface area contributed by atoms with Gasteiger partial charge in [-0.3, -0.25) is 9.89 Å². The summed E-state index contributed by atoms with van der Waals surface area (Å²) in [6, 6.07) is 6.30. The number of aliphatic hydroxyl groups is 1. The average Bonchev–Trinajstić information content (AvgIpc) is 2.73. The molecule has 0 spiro atoms. The number of dihydropyridines is 1. The highest BCUT2D eigenvalue weighted by Gasteiger charge is 2.27. The van der Waals surface area contributed by atoms with Crippen molar-refractivity contribution in [2.75, 3.05) is 18.7 Å². The van der Waals surface area contributed by atoms with E-state index < -0.39 is 6.10 Å². The number of anilines is 2. The molecule has 6 nitrogen and oxygen atoms in total. The minimum absolute atomic E-state index is 0.295. The van der Waals surface area contributed by atoms with Crippen LogP contribution in [0.4, 0.5) is 11.5 Å². The van der Waals surface area contributed by atoms with E-state index in [1.54, 1.807) is 31.3 Å². The van der Waals surface area contributed by atoms with Gasteiger partial charge in [-0.2, -0.15) is 0 Å². The van der Waals surface area contributed by atoms with Crippen molar-refractivity contribution in [2.45, 2.75) is 42.3 Å². The predicted octanol–water partition coefficient (Wildman–Crippen LogP) is 4.14. The number of ether oxygens (including phenoxy) is 1. The van der Waals surface area contributed by atoms with Gasteiger partial charge in [0.05, 0.1) is 11.7 Å². The molecule has 4 rings (SSSR count). The first-order valence-electron chi connectivity index (χ1n) is 9.44. The van der Waals surface area contributed by atoms with Crippen LogP contribution in [0.3, 0.4) is 0 Å². The van der Waals surface area contributed by atoms with Gasteiger partial charge in [0.15, 0.2) is 5.82 Å². The van der Waals surface area contributed by atoms with E-state index in [2.05, 4.69) is 34.9 Å². The first-order valence-corrected chi connectivity index (χ1v) is 10.3. The van der Waals surface area contributed by atoms with E-state index in [-0.39, 0.29) is 0 Å². The molecule has 3 atom stereocenters. The van der Waals surface area contributed by atoms with Gasteiger partial charge in [-0.05, 0) is 35.6 Å². The van der Waals surface area contributed by atoms with Crippen molar-refractivity contribution in [3.05, 3.63) is 47.8 Å². The van der Waals surface area contributed by atoms with Crippen molar-refractivity contribution in [1.29, 1.82) is 0 Å². The lowest BCUT2D eigenvalue weighted by atomic mass is 9.91. The van der Waals surface area contributed by atoms with E-state index in [9.17, 15) is 5.11 Å². The number of rotatable bonds is 5. The molecule has 0 saturated carbocycles. The number of fused-ring (bicyclic) bond motifs is 2. The van der Waals surface area contributed by atoms with Gasteiger partial charge >= 0.3 is 0 Å². The van der Waals surface area contributed by atoms with Gasteiger partial charge in [0.25, 0.3) is 0 Å². The molecule has 3 heterocycles. The number of benzene rings is 1. The largest absolute Gasteiger partial charge is 0.384 e. The Morgan fingerprint density at radius 3 is 2.86 bits per heavy atom. The van der Waals surface area contributed by atoms with Crippen LogP contribution in [0.1, 0.15) is 31.9 Å². The molecule has 0 fully saturated rings. The normalized spacial score (nSPS) is 21.7. The fraction of sp³-hybridized carbons (Fsp3) is 0.381. The molecule has 0 radical (unpaired) electrons. The first kappa shape index (κ1) is 19.1. The van der Waals surface area contributed by atoms with Gasteiger partial charge in [-0.15, -0.1) is 0 Å². The Morgan fingerprint density at radius 2 is 2.11 bits per heavy atom.